The van der Waals surface area contributed by atoms with Gasteiger partial charge in [0, 0.05) is 12.2 Å². The summed E-state index contributed by atoms with van der Waals surface area (Å²) in [5, 5.41) is 15.0. The molecule has 2 unspecified atom stereocenters. The fraction of sp³-hybridized carbons (Fsp3) is 0.500. The molecule has 0 saturated carbocycles. The molecule has 0 bridgehead atoms. The van der Waals surface area contributed by atoms with Gasteiger partial charge in [-0.25, -0.2) is 0 Å². The van der Waals surface area contributed by atoms with Gasteiger partial charge in [-0.3, -0.25) is 4.98 Å². The second-order valence-corrected chi connectivity index (χ2v) is 5.55. The number of hydrogen-bond acceptors (Lipinski definition) is 4. The first kappa shape index (κ1) is 13.5. The summed E-state index contributed by atoms with van der Waals surface area (Å²) in [4.78, 5) is 4.44. The predicted octanol–water partition coefficient (Wildman–Crippen LogP) is 3.11. The lowest BCUT2D eigenvalue weighted by atomic mass is 10.1. The Kier molecular flexibility index (Phi) is 4.69. The number of pyridine rings is 1. The molecule has 98 valence electrons. The van der Waals surface area contributed by atoms with Gasteiger partial charge in [0.2, 0.25) is 0 Å². The molecule has 0 aliphatic heterocycles. The van der Waals surface area contributed by atoms with E-state index >= 15 is 0 Å². The van der Waals surface area contributed by atoms with Crippen molar-refractivity contribution in [3.05, 3.63) is 29.3 Å². The molecule has 0 aliphatic carbocycles. The van der Waals surface area contributed by atoms with Crippen molar-refractivity contribution in [3.63, 3.8) is 0 Å². The van der Waals surface area contributed by atoms with E-state index in [1.807, 2.05) is 19.2 Å². The zero-order valence-corrected chi connectivity index (χ0v) is 11.7. The van der Waals surface area contributed by atoms with Crippen LogP contribution in [0.1, 0.15) is 38.3 Å². The van der Waals surface area contributed by atoms with Gasteiger partial charge in [-0.15, -0.1) is 11.3 Å². The molecule has 0 spiro atoms. The number of rotatable bonds is 6. The minimum atomic E-state index is -0.192. The third kappa shape index (κ3) is 3.28. The summed E-state index contributed by atoms with van der Waals surface area (Å²) >= 11 is 1.72. The van der Waals surface area contributed by atoms with E-state index in [4.69, 9.17) is 0 Å². The van der Waals surface area contributed by atoms with E-state index in [1.54, 1.807) is 11.3 Å². The zero-order chi connectivity index (χ0) is 13.0. The summed E-state index contributed by atoms with van der Waals surface area (Å²) in [5.41, 5.74) is 2.27. The smallest absolute Gasteiger partial charge is 0.0809 e. The summed E-state index contributed by atoms with van der Waals surface area (Å²) in [7, 11) is 0. The summed E-state index contributed by atoms with van der Waals surface area (Å²) in [6, 6.07) is 4.51. The quantitative estimate of drug-likeness (QED) is 0.842. The van der Waals surface area contributed by atoms with Crippen LogP contribution in [0.25, 0.3) is 10.2 Å². The van der Waals surface area contributed by atoms with E-state index < -0.39 is 0 Å². The first-order valence-electron chi connectivity index (χ1n) is 6.45. The summed E-state index contributed by atoms with van der Waals surface area (Å²) < 4.78 is 1.23. The van der Waals surface area contributed by atoms with Crippen LogP contribution in [-0.2, 0) is 0 Å². The lowest BCUT2D eigenvalue weighted by molar-refractivity contribution is 0.159. The molecule has 0 fully saturated rings. The van der Waals surface area contributed by atoms with Crippen molar-refractivity contribution >= 4 is 21.6 Å². The Bertz CT molecular complexity index is 497. The van der Waals surface area contributed by atoms with Crippen LogP contribution in [0.4, 0.5) is 0 Å². The van der Waals surface area contributed by atoms with Crippen molar-refractivity contribution < 1.29 is 5.11 Å². The first-order chi connectivity index (χ1) is 8.70. The molecule has 0 aliphatic rings. The number of thiophene rings is 1. The molecule has 3 nitrogen and oxygen atoms in total. The highest BCUT2D eigenvalue weighted by atomic mass is 32.1. The lowest BCUT2D eigenvalue weighted by Crippen LogP contribution is -2.23. The molecule has 18 heavy (non-hydrogen) atoms. The van der Waals surface area contributed by atoms with Crippen LogP contribution in [0.2, 0.25) is 0 Å². The van der Waals surface area contributed by atoms with Crippen molar-refractivity contribution in [2.45, 2.75) is 38.8 Å². The van der Waals surface area contributed by atoms with Gasteiger partial charge in [0.15, 0.2) is 0 Å². The zero-order valence-electron chi connectivity index (χ0n) is 10.9. The number of aliphatic hydroxyl groups excluding tert-OH is 1. The molecule has 0 amide bonds. The van der Waals surface area contributed by atoms with Gasteiger partial charge in [0.1, 0.15) is 0 Å². The Hall–Kier alpha value is -0.970. The third-order valence-corrected chi connectivity index (χ3v) is 4.08. The minimum absolute atomic E-state index is 0.192. The van der Waals surface area contributed by atoms with Gasteiger partial charge in [0.05, 0.1) is 16.3 Å². The van der Waals surface area contributed by atoms with Crippen LogP contribution in [0, 0.1) is 0 Å². The maximum Gasteiger partial charge on any atom is 0.0809 e. The molecule has 2 N–H and O–H groups in total. The topological polar surface area (TPSA) is 45.1 Å². The second kappa shape index (κ2) is 6.27. The average Bonchev–Trinajstić information content (AvgIpc) is 2.85. The minimum Gasteiger partial charge on any atom is -0.393 e. The molecule has 0 saturated heterocycles. The van der Waals surface area contributed by atoms with Gasteiger partial charge >= 0.3 is 0 Å². The van der Waals surface area contributed by atoms with Gasteiger partial charge in [-0.2, -0.15) is 0 Å². The van der Waals surface area contributed by atoms with Crippen LogP contribution < -0.4 is 5.32 Å². The maximum atomic E-state index is 9.50. The number of nitrogens with one attached hydrogen (secondary N) is 1. The highest BCUT2D eigenvalue weighted by molar-refractivity contribution is 7.17. The molecule has 2 aromatic heterocycles. The lowest BCUT2D eigenvalue weighted by Gasteiger charge is -2.15. The number of aliphatic hydroxyl groups is 1. The van der Waals surface area contributed by atoms with E-state index in [2.05, 4.69) is 28.7 Å². The highest BCUT2D eigenvalue weighted by Crippen LogP contribution is 2.22. The molecule has 2 rings (SSSR count). The van der Waals surface area contributed by atoms with Gasteiger partial charge in [-0.05, 0) is 49.4 Å². The van der Waals surface area contributed by atoms with Crippen LogP contribution in [0.3, 0.4) is 0 Å². The van der Waals surface area contributed by atoms with Crippen molar-refractivity contribution in [2.75, 3.05) is 6.54 Å². The Morgan fingerprint density at radius 3 is 3.11 bits per heavy atom. The Morgan fingerprint density at radius 2 is 2.33 bits per heavy atom. The van der Waals surface area contributed by atoms with Crippen LogP contribution in [0.15, 0.2) is 23.7 Å². The molecule has 0 radical (unpaired) electrons. The van der Waals surface area contributed by atoms with Gasteiger partial charge < -0.3 is 10.4 Å². The molecular weight excluding hydrogens is 244 g/mol. The number of aromatic nitrogens is 1. The molecule has 2 heterocycles. The Morgan fingerprint density at radius 1 is 1.50 bits per heavy atom. The van der Waals surface area contributed by atoms with Crippen molar-refractivity contribution in [2.24, 2.45) is 0 Å². The number of fused-ring (bicyclic) bond motifs is 1. The monoisotopic (exact) mass is 264 g/mol. The fourth-order valence-electron chi connectivity index (χ4n) is 1.89. The van der Waals surface area contributed by atoms with Gasteiger partial charge in [-0.1, -0.05) is 6.92 Å². The van der Waals surface area contributed by atoms with E-state index in [-0.39, 0.29) is 12.1 Å². The number of nitrogens with zero attached hydrogens (tertiary/aromatic N) is 1. The molecular formula is C14H20N2OS. The Labute approximate surface area is 112 Å². The predicted molar refractivity (Wildman–Crippen MR) is 77.0 cm³/mol. The van der Waals surface area contributed by atoms with E-state index in [9.17, 15) is 5.11 Å². The average molecular weight is 264 g/mol. The standard InChI is InChI=1S/C14H20N2OS/c1-3-12(17)4-6-15-10(2)11-8-14-13(16-9-11)5-7-18-14/h5,7-10,12,15,17H,3-4,6H2,1-2H3. The maximum absolute atomic E-state index is 9.50. The van der Waals surface area contributed by atoms with E-state index in [0.29, 0.717) is 0 Å². The van der Waals surface area contributed by atoms with E-state index in [1.165, 1.54) is 10.3 Å². The normalized spacial score (nSPS) is 14.8. The second-order valence-electron chi connectivity index (χ2n) is 4.60. The van der Waals surface area contributed by atoms with Crippen LogP contribution in [-0.4, -0.2) is 22.7 Å². The molecule has 0 aromatic carbocycles. The third-order valence-electron chi connectivity index (χ3n) is 3.22. The fourth-order valence-corrected chi connectivity index (χ4v) is 2.68. The first-order valence-corrected chi connectivity index (χ1v) is 7.33. The van der Waals surface area contributed by atoms with Crippen molar-refractivity contribution in [3.8, 4) is 0 Å². The summed E-state index contributed by atoms with van der Waals surface area (Å²) in [5.74, 6) is 0. The van der Waals surface area contributed by atoms with E-state index in [0.717, 1.165) is 24.9 Å². The molecule has 4 heteroatoms. The largest absolute Gasteiger partial charge is 0.393 e. The molecule has 2 atom stereocenters. The number of hydrogen-bond donors (Lipinski definition) is 2. The summed E-state index contributed by atoms with van der Waals surface area (Å²) in [6.07, 6.45) is 3.36. The SMILES string of the molecule is CCC(O)CCNC(C)c1cnc2ccsc2c1. The van der Waals surface area contributed by atoms with Gasteiger partial charge in [0.25, 0.3) is 0 Å². The molecule has 2 aromatic rings. The summed E-state index contributed by atoms with van der Waals surface area (Å²) in [6.45, 7) is 4.97. The van der Waals surface area contributed by atoms with Crippen molar-refractivity contribution in [1.29, 1.82) is 0 Å². The van der Waals surface area contributed by atoms with Crippen molar-refractivity contribution in [1.82, 2.24) is 10.3 Å². The van der Waals surface area contributed by atoms with Crippen LogP contribution in [0.5, 0.6) is 0 Å². The van der Waals surface area contributed by atoms with Crippen LogP contribution >= 0.6 is 11.3 Å². The highest BCUT2D eigenvalue weighted by Gasteiger charge is 2.08. The Balaban J connectivity index is 1.93.